The minimum absolute atomic E-state index is 0.146. The van der Waals surface area contributed by atoms with Crippen molar-refractivity contribution in [1.82, 2.24) is 10.6 Å². The van der Waals surface area contributed by atoms with Gasteiger partial charge in [-0.1, -0.05) is 18.2 Å². The van der Waals surface area contributed by atoms with Crippen LogP contribution in [0.5, 0.6) is 5.75 Å². The zero-order chi connectivity index (χ0) is 15.9. The zero-order valence-electron chi connectivity index (χ0n) is 13.9. The minimum Gasteiger partial charge on any atom is -0.490 e. The highest BCUT2D eigenvalue weighted by Crippen LogP contribution is 2.26. The van der Waals surface area contributed by atoms with E-state index in [1.165, 1.54) is 19.3 Å². The monoisotopic (exact) mass is 316 g/mol. The topological polar surface area (TPSA) is 50.4 Å². The first kappa shape index (κ1) is 16.3. The van der Waals surface area contributed by atoms with E-state index < -0.39 is 0 Å². The number of hydrogen-bond donors (Lipinski definition) is 2. The maximum Gasteiger partial charge on any atom is 0.220 e. The molecule has 3 rings (SSSR count). The lowest BCUT2D eigenvalue weighted by atomic mass is 10.0. The smallest absolute Gasteiger partial charge is 0.220 e. The Morgan fingerprint density at radius 1 is 1.22 bits per heavy atom. The van der Waals surface area contributed by atoms with Gasteiger partial charge in [-0.15, -0.1) is 0 Å². The molecule has 2 aliphatic rings. The number of amides is 1. The van der Waals surface area contributed by atoms with Crippen LogP contribution in [0.2, 0.25) is 0 Å². The Morgan fingerprint density at radius 2 is 2.04 bits per heavy atom. The molecule has 4 heteroatoms. The summed E-state index contributed by atoms with van der Waals surface area (Å²) in [6.45, 7) is 2.72. The minimum atomic E-state index is 0.146. The van der Waals surface area contributed by atoms with E-state index in [1.54, 1.807) is 0 Å². The number of benzene rings is 1. The van der Waals surface area contributed by atoms with E-state index in [-0.39, 0.29) is 5.91 Å². The van der Waals surface area contributed by atoms with Gasteiger partial charge >= 0.3 is 0 Å². The fraction of sp³-hybridized carbons (Fsp3) is 0.632. The lowest BCUT2D eigenvalue weighted by Gasteiger charge is -2.17. The molecular formula is C19H28N2O2. The Kier molecular flexibility index (Phi) is 5.92. The molecule has 1 saturated heterocycles. The summed E-state index contributed by atoms with van der Waals surface area (Å²) in [7, 11) is 0. The third-order valence-electron chi connectivity index (χ3n) is 4.99. The number of carbonyl (C=O) groups excluding carboxylic acids is 1. The number of rotatable bonds is 7. The normalized spacial score (nSPS) is 21.5. The van der Waals surface area contributed by atoms with Gasteiger partial charge in [-0.05, 0) is 63.6 Å². The molecule has 0 aromatic heterocycles. The van der Waals surface area contributed by atoms with Crippen LogP contribution in [0.3, 0.4) is 0 Å². The molecule has 1 aromatic carbocycles. The predicted octanol–water partition coefficient (Wildman–Crippen LogP) is 3.01. The molecule has 126 valence electrons. The fourth-order valence-electron chi connectivity index (χ4n) is 3.53. The average Bonchev–Trinajstić information content (AvgIpc) is 3.25. The van der Waals surface area contributed by atoms with Crippen LogP contribution in [0, 0.1) is 5.92 Å². The summed E-state index contributed by atoms with van der Waals surface area (Å²) >= 11 is 0. The Hall–Kier alpha value is -1.55. The van der Waals surface area contributed by atoms with Gasteiger partial charge in [0.2, 0.25) is 5.91 Å². The van der Waals surface area contributed by atoms with Crippen LogP contribution < -0.4 is 15.4 Å². The first-order valence-corrected chi connectivity index (χ1v) is 9.03. The summed E-state index contributed by atoms with van der Waals surface area (Å²) in [4.78, 5) is 12.1. The van der Waals surface area contributed by atoms with Crippen LogP contribution in [0.1, 0.15) is 50.5 Å². The second-order valence-corrected chi connectivity index (χ2v) is 6.81. The summed E-state index contributed by atoms with van der Waals surface area (Å²) in [5.41, 5.74) is 1.08. The van der Waals surface area contributed by atoms with E-state index in [0.29, 0.717) is 25.0 Å². The van der Waals surface area contributed by atoms with Gasteiger partial charge in [0, 0.05) is 18.5 Å². The van der Waals surface area contributed by atoms with Gasteiger partial charge in [0.15, 0.2) is 0 Å². The van der Waals surface area contributed by atoms with Crippen molar-refractivity contribution in [3.63, 3.8) is 0 Å². The van der Waals surface area contributed by atoms with Gasteiger partial charge in [0.05, 0.1) is 6.10 Å². The molecule has 0 spiro atoms. The van der Waals surface area contributed by atoms with Crippen molar-refractivity contribution < 1.29 is 9.53 Å². The number of ether oxygens (including phenoxy) is 1. The Morgan fingerprint density at radius 3 is 2.83 bits per heavy atom. The summed E-state index contributed by atoms with van der Waals surface area (Å²) in [6.07, 6.45) is 7.98. The molecule has 1 saturated carbocycles. The summed E-state index contributed by atoms with van der Waals surface area (Å²) in [6, 6.07) is 8.07. The van der Waals surface area contributed by atoms with Crippen LogP contribution in [0.15, 0.2) is 24.3 Å². The van der Waals surface area contributed by atoms with Gasteiger partial charge in [-0.25, -0.2) is 0 Å². The second-order valence-electron chi connectivity index (χ2n) is 6.81. The van der Waals surface area contributed by atoms with E-state index in [9.17, 15) is 4.79 Å². The van der Waals surface area contributed by atoms with Crippen LogP contribution >= 0.6 is 0 Å². The highest BCUT2D eigenvalue weighted by Gasteiger charge is 2.18. The maximum absolute atomic E-state index is 12.1. The molecular weight excluding hydrogens is 288 g/mol. The number of hydrogen-bond acceptors (Lipinski definition) is 3. The molecule has 1 aromatic rings. The van der Waals surface area contributed by atoms with Crippen molar-refractivity contribution in [2.24, 2.45) is 5.92 Å². The van der Waals surface area contributed by atoms with Crippen molar-refractivity contribution in [2.45, 2.75) is 57.6 Å². The van der Waals surface area contributed by atoms with Gasteiger partial charge in [-0.2, -0.15) is 0 Å². The quantitative estimate of drug-likeness (QED) is 0.813. The Labute approximate surface area is 139 Å². The van der Waals surface area contributed by atoms with E-state index in [1.807, 2.05) is 24.3 Å². The third-order valence-corrected chi connectivity index (χ3v) is 4.99. The van der Waals surface area contributed by atoms with Gasteiger partial charge < -0.3 is 15.4 Å². The molecule has 0 radical (unpaired) electrons. The highest BCUT2D eigenvalue weighted by atomic mass is 16.5. The van der Waals surface area contributed by atoms with Crippen LogP contribution in [0.25, 0.3) is 0 Å². The van der Waals surface area contributed by atoms with Crippen LogP contribution in [-0.2, 0) is 11.3 Å². The number of nitrogens with one attached hydrogen (secondary N) is 2. The van der Waals surface area contributed by atoms with Crippen molar-refractivity contribution in [1.29, 1.82) is 0 Å². The van der Waals surface area contributed by atoms with Gasteiger partial charge in [-0.3, -0.25) is 4.79 Å². The van der Waals surface area contributed by atoms with Crippen molar-refractivity contribution in [3.8, 4) is 5.75 Å². The van der Waals surface area contributed by atoms with Crippen molar-refractivity contribution >= 4 is 5.91 Å². The van der Waals surface area contributed by atoms with E-state index >= 15 is 0 Å². The van der Waals surface area contributed by atoms with Crippen molar-refractivity contribution in [2.75, 3.05) is 13.1 Å². The fourth-order valence-corrected chi connectivity index (χ4v) is 3.53. The average molecular weight is 316 g/mol. The molecule has 23 heavy (non-hydrogen) atoms. The Bertz CT molecular complexity index is 506. The molecule has 1 aliphatic heterocycles. The lowest BCUT2D eigenvalue weighted by Crippen LogP contribution is -2.24. The number of para-hydroxylation sites is 1. The van der Waals surface area contributed by atoms with E-state index in [2.05, 4.69) is 10.6 Å². The van der Waals surface area contributed by atoms with Gasteiger partial charge in [0.1, 0.15) is 5.75 Å². The molecule has 1 amide bonds. The summed E-state index contributed by atoms with van der Waals surface area (Å²) < 4.78 is 6.12. The zero-order valence-corrected chi connectivity index (χ0v) is 13.9. The first-order chi connectivity index (χ1) is 11.3. The van der Waals surface area contributed by atoms with Crippen molar-refractivity contribution in [3.05, 3.63) is 29.8 Å². The largest absolute Gasteiger partial charge is 0.490 e. The summed E-state index contributed by atoms with van der Waals surface area (Å²) in [5, 5.41) is 6.40. The van der Waals surface area contributed by atoms with Crippen LogP contribution in [-0.4, -0.2) is 25.1 Å². The molecule has 1 unspecified atom stereocenters. The predicted molar refractivity (Wildman–Crippen MR) is 91.4 cm³/mol. The molecule has 2 N–H and O–H groups in total. The first-order valence-electron chi connectivity index (χ1n) is 9.03. The Balaban J connectivity index is 1.46. The highest BCUT2D eigenvalue weighted by molar-refractivity contribution is 5.75. The molecule has 1 heterocycles. The lowest BCUT2D eigenvalue weighted by molar-refractivity contribution is -0.121. The van der Waals surface area contributed by atoms with E-state index in [0.717, 1.165) is 43.7 Å². The summed E-state index contributed by atoms with van der Waals surface area (Å²) in [5.74, 6) is 1.74. The molecule has 1 atom stereocenters. The maximum atomic E-state index is 12.1. The molecule has 1 aliphatic carbocycles. The molecule has 2 fully saturated rings. The van der Waals surface area contributed by atoms with E-state index in [4.69, 9.17) is 4.74 Å². The second kappa shape index (κ2) is 8.34. The number of carbonyl (C=O) groups is 1. The van der Waals surface area contributed by atoms with Gasteiger partial charge in [0.25, 0.3) is 0 Å². The third kappa shape index (κ3) is 4.96. The SMILES string of the molecule is O=C(CCC1CCNC1)NCc1ccccc1OC1CCCC1. The van der Waals surface area contributed by atoms with Crippen LogP contribution in [0.4, 0.5) is 0 Å². The standard InChI is InChI=1S/C19H28N2O2/c22-19(10-9-15-11-12-20-13-15)21-14-16-5-1-4-8-18(16)23-17-6-2-3-7-17/h1,4-5,8,15,17,20H,2-3,6-7,9-14H2,(H,21,22). The molecule has 4 nitrogen and oxygen atoms in total. The molecule has 0 bridgehead atoms.